The van der Waals surface area contributed by atoms with Crippen molar-refractivity contribution >= 4 is 47.4 Å². The first kappa shape index (κ1) is 25.1. The maximum Gasteiger partial charge on any atom is 0.227 e. The van der Waals surface area contributed by atoms with Crippen molar-refractivity contribution in [3.63, 3.8) is 0 Å². The lowest BCUT2D eigenvalue weighted by Crippen LogP contribution is -2.34. The van der Waals surface area contributed by atoms with E-state index in [2.05, 4.69) is 29.0 Å². The molecule has 2 aromatic carbocycles. The van der Waals surface area contributed by atoms with Gasteiger partial charge in [-0.25, -0.2) is 9.37 Å². The van der Waals surface area contributed by atoms with Crippen molar-refractivity contribution in [1.82, 2.24) is 14.9 Å². The molecule has 3 aromatic rings. The van der Waals surface area contributed by atoms with E-state index in [1.54, 1.807) is 6.07 Å². The Morgan fingerprint density at radius 1 is 1.16 bits per heavy atom. The number of rotatable bonds is 4. The van der Waals surface area contributed by atoms with Gasteiger partial charge in [0, 0.05) is 23.2 Å². The summed E-state index contributed by atoms with van der Waals surface area (Å²) in [6.07, 6.45) is 1.75. The van der Waals surface area contributed by atoms with E-state index >= 15 is 0 Å². The standard InChI is InChI=1S/C23H27FN4O.2ClH/c1-14(2)28-21-13-18(24)5-7-20(21)26-22(28)17-4-6-19(15(3)12-17)27-23(29)16-8-10-25-11-9-16;;/h4-7,12-14,16,25H,8-11H2,1-3H3,(H,27,29);2*1H. The fourth-order valence-corrected chi connectivity index (χ4v) is 4.05. The van der Waals surface area contributed by atoms with Crippen LogP contribution in [0, 0.1) is 18.7 Å². The molecule has 0 aliphatic carbocycles. The minimum atomic E-state index is -0.266. The molecule has 31 heavy (non-hydrogen) atoms. The smallest absolute Gasteiger partial charge is 0.227 e. The average molecular weight is 467 g/mol. The number of hydrogen-bond donors (Lipinski definition) is 2. The molecule has 1 aromatic heterocycles. The summed E-state index contributed by atoms with van der Waals surface area (Å²) in [5, 5.41) is 6.37. The molecular formula is C23H29Cl2FN4O. The topological polar surface area (TPSA) is 59.0 Å². The molecule has 0 bridgehead atoms. The Morgan fingerprint density at radius 2 is 1.87 bits per heavy atom. The van der Waals surface area contributed by atoms with Crippen LogP contribution in [0.2, 0.25) is 0 Å². The van der Waals surface area contributed by atoms with Crippen LogP contribution in [-0.4, -0.2) is 28.5 Å². The first-order valence-corrected chi connectivity index (χ1v) is 10.2. The molecule has 0 atom stereocenters. The van der Waals surface area contributed by atoms with E-state index in [0.717, 1.165) is 59.6 Å². The van der Waals surface area contributed by atoms with Crippen LogP contribution in [0.25, 0.3) is 22.4 Å². The Kier molecular flexibility index (Phi) is 8.46. The number of aromatic nitrogens is 2. The van der Waals surface area contributed by atoms with Crippen molar-refractivity contribution in [2.24, 2.45) is 5.92 Å². The number of aryl methyl sites for hydroxylation is 1. The molecule has 0 radical (unpaired) electrons. The SMILES string of the molecule is Cc1cc(-c2nc3ccc(F)cc3n2C(C)C)ccc1NC(=O)C1CCNCC1.Cl.Cl. The Balaban J connectivity index is 0.00000171. The van der Waals surface area contributed by atoms with Crippen LogP contribution in [0.5, 0.6) is 0 Å². The summed E-state index contributed by atoms with van der Waals surface area (Å²) in [6.45, 7) is 7.90. The quantitative estimate of drug-likeness (QED) is 0.532. The van der Waals surface area contributed by atoms with Crippen molar-refractivity contribution in [2.75, 3.05) is 18.4 Å². The summed E-state index contributed by atoms with van der Waals surface area (Å²) in [5.74, 6) is 0.695. The van der Waals surface area contributed by atoms with Gasteiger partial charge >= 0.3 is 0 Å². The number of hydrogen-bond acceptors (Lipinski definition) is 3. The normalized spacial score (nSPS) is 14.2. The minimum absolute atomic E-state index is 0. The molecule has 168 valence electrons. The number of carbonyl (C=O) groups is 1. The Hall–Kier alpha value is -2.15. The Morgan fingerprint density at radius 3 is 2.52 bits per heavy atom. The molecule has 5 nitrogen and oxygen atoms in total. The van der Waals surface area contributed by atoms with E-state index in [1.165, 1.54) is 12.1 Å². The second-order valence-corrected chi connectivity index (χ2v) is 8.08. The van der Waals surface area contributed by atoms with E-state index in [4.69, 9.17) is 4.98 Å². The van der Waals surface area contributed by atoms with E-state index in [0.29, 0.717) is 0 Å². The molecule has 2 heterocycles. The Bertz CT molecular complexity index is 1060. The van der Waals surface area contributed by atoms with E-state index in [1.807, 2.05) is 25.1 Å². The Labute approximate surface area is 194 Å². The lowest BCUT2D eigenvalue weighted by Gasteiger charge is -2.22. The van der Waals surface area contributed by atoms with E-state index in [9.17, 15) is 9.18 Å². The molecule has 0 unspecified atom stereocenters. The molecule has 1 aliphatic rings. The van der Waals surface area contributed by atoms with Crippen LogP contribution in [0.15, 0.2) is 36.4 Å². The molecule has 4 rings (SSSR count). The second kappa shape index (κ2) is 10.4. The van der Waals surface area contributed by atoms with Gasteiger partial charge in [-0.3, -0.25) is 4.79 Å². The third kappa shape index (κ3) is 5.20. The number of amides is 1. The van der Waals surface area contributed by atoms with Gasteiger partial charge < -0.3 is 15.2 Å². The zero-order chi connectivity index (χ0) is 20.5. The van der Waals surface area contributed by atoms with Gasteiger partial charge in [0.2, 0.25) is 5.91 Å². The van der Waals surface area contributed by atoms with Crippen molar-refractivity contribution in [3.8, 4) is 11.4 Å². The fourth-order valence-electron chi connectivity index (χ4n) is 4.05. The number of benzene rings is 2. The number of imidazole rings is 1. The molecule has 1 saturated heterocycles. The summed E-state index contributed by atoms with van der Waals surface area (Å²) < 4.78 is 15.9. The number of piperidine rings is 1. The van der Waals surface area contributed by atoms with E-state index < -0.39 is 0 Å². The maximum absolute atomic E-state index is 13.8. The van der Waals surface area contributed by atoms with Gasteiger partial charge in [-0.2, -0.15) is 0 Å². The first-order chi connectivity index (χ1) is 13.9. The molecule has 1 fully saturated rings. The van der Waals surface area contributed by atoms with Crippen molar-refractivity contribution < 1.29 is 9.18 Å². The second-order valence-electron chi connectivity index (χ2n) is 8.08. The van der Waals surface area contributed by atoms with E-state index in [-0.39, 0.29) is 48.5 Å². The first-order valence-electron chi connectivity index (χ1n) is 10.2. The highest BCUT2D eigenvalue weighted by molar-refractivity contribution is 5.93. The third-order valence-corrected chi connectivity index (χ3v) is 5.62. The molecule has 8 heteroatoms. The molecule has 1 aliphatic heterocycles. The number of halogens is 3. The van der Waals surface area contributed by atoms with Crippen LogP contribution in [0.1, 0.15) is 38.3 Å². The lowest BCUT2D eigenvalue weighted by atomic mass is 9.97. The summed E-state index contributed by atoms with van der Waals surface area (Å²) in [4.78, 5) is 17.3. The molecular weight excluding hydrogens is 438 g/mol. The van der Waals surface area contributed by atoms with Crippen LogP contribution in [0.3, 0.4) is 0 Å². The molecule has 2 N–H and O–H groups in total. The number of nitrogens with zero attached hydrogens (tertiary/aromatic N) is 2. The van der Waals surface area contributed by atoms with Gasteiger partial charge in [-0.05, 0) is 88.7 Å². The van der Waals surface area contributed by atoms with Crippen LogP contribution in [0.4, 0.5) is 10.1 Å². The van der Waals surface area contributed by atoms with Gasteiger partial charge in [0.1, 0.15) is 11.6 Å². The highest BCUT2D eigenvalue weighted by Crippen LogP contribution is 2.31. The van der Waals surface area contributed by atoms with Crippen LogP contribution in [-0.2, 0) is 4.79 Å². The maximum atomic E-state index is 13.8. The lowest BCUT2D eigenvalue weighted by molar-refractivity contribution is -0.120. The molecule has 0 saturated carbocycles. The zero-order valence-corrected chi connectivity index (χ0v) is 19.6. The summed E-state index contributed by atoms with van der Waals surface area (Å²) in [5.41, 5.74) is 4.33. The van der Waals surface area contributed by atoms with Gasteiger partial charge in [-0.15, -0.1) is 24.8 Å². The van der Waals surface area contributed by atoms with Gasteiger partial charge in [-0.1, -0.05) is 0 Å². The van der Waals surface area contributed by atoms with Crippen molar-refractivity contribution in [2.45, 2.75) is 39.7 Å². The number of nitrogens with one attached hydrogen (secondary N) is 2. The fraction of sp³-hybridized carbons (Fsp3) is 0.391. The number of fused-ring (bicyclic) bond motifs is 1. The summed E-state index contributed by atoms with van der Waals surface area (Å²) in [6, 6.07) is 10.8. The van der Waals surface area contributed by atoms with Crippen LogP contribution < -0.4 is 10.6 Å². The van der Waals surface area contributed by atoms with Crippen molar-refractivity contribution in [1.29, 1.82) is 0 Å². The minimum Gasteiger partial charge on any atom is -0.326 e. The predicted octanol–water partition coefficient (Wildman–Crippen LogP) is 5.51. The van der Waals surface area contributed by atoms with Gasteiger partial charge in [0.25, 0.3) is 0 Å². The summed E-state index contributed by atoms with van der Waals surface area (Å²) in [7, 11) is 0. The molecule has 0 spiro atoms. The largest absolute Gasteiger partial charge is 0.326 e. The average Bonchev–Trinajstić information content (AvgIpc) is 3.09. The highest BCUT2D eigenvalue weighted by atomic mass is 35.5. The monoisotopic (exact) mass is 466 g/mol. The van der Waals surface area contributed by atoms with Crippen molar-refractivity contribution in [3.05, 3.63) is 47.8 Å². The third-order valence-electron chi connectivity index (χ3n) is 5.62. The zero-order valence-electron chi connectivity index (χ0n) is 17.9. The van der Waals surface area contributed by atoms with Crippen LogP contribution >= 0.6 is 24.8 Å². The predicted molar refractivity (Wildman–Crippen MR) is 129 cm³/mol. The van der Waals surface area contributed by atoms with Gasteiger partial charge in [0.05, 0.1) is 11.0 Å². The van der Waals surface area contributed by atoms with Gasteiger partial charge in [0.15, 0.2) is 0 Å². The highest BCUT2D eigenvalue weighted by Gasteiger charge is 2.22. The number of anilines is 1. The summed E-state index contributed by atoms with van der Waals surface area (Å²) >= 11 is 0. The number of carbonyl (C=O) groups excluding carboxylic acids is 1. The molecule has 1 amide bonds.